The third-order valence-electron chi connectivity index (χ3n) is 5.18. The summed E-state index contributed by atoms with van der Waals surface area (Å²) in [4.78, 5) is 18.0. The lowest BCUT2D eigenvalue weighted by Gasteiger charge is -2.22. The lowest BCUT2D eigenvalue weighted by molar-refractivity contribution is 0.100. The van der Waals surface area contributed by atoms with Crippen LogP contribution in [0.3, 0.4) is 0 Å². The Morgan fingerprint density at radius 3 is 2.35 bits per heavy atom. The van der Waals surface area contributed by atoms with Crippen molar-refractivity contribution in [1.82, 2.24) is 10.2 Å². The van der Waals surface area contributed by atoms with Crippen LogP contribution in [0.15, 0.2) is 29.3 Å². The second-order valence-electron chi connectivity index (χ2n) is 6.67. The second-order valence-corrected chi connectivity index (χ2v) is 6.67. The van der Waals surface area contributed by atoms with Crippen LogP contribution < -0.4 is 11.1 Å². The number of nitrogens with zero attached hydrogens (tertiary/aromatic N) is 2. The number of nitrogens with one attached hydrogen (secondary N) is 1. The van der Waals surface area contributed by atoms with Crippen LogP contribution in [0, 0.1) is 11.8 Å². The molecule has 2 atom stereocenters. The number of aliphatic imine (C=N–C) groups is 1. The van der Waals surface area contributed by atoms with Gasteiger partial charge in [0.1, 0.15) is 0 Å². The molecule has 1 saturated carbocycles. The van der Waals surface area contributed by atoms with Crippen molar-refractivity contribution in [2.45, 2.75) is 32.2 Å². The Hall–Kier alpha value is -2.04. The fourth-order valence-corrected chi connectivity index (χ4v) is 3.88. The van der Waals surface area contributed by atoms with Gasteiger partial charge >= 0.3 is 0 Å². The Balaban J connectivity index is 1.56. The monoisotopic (exact) mass is 314 g/mol. The van der Waals surface area contributed by atoms with Crippen molar-refractivity contribution >= 4 is 11.9 Å². The molecule has 1 heterocycles. The number of carbonyl (C=O) groups excluding carboxylic acids is 1. The second kappa shape index (κ2) is 7.02. The fraction of sp³-hybridized carbons (Fsp3) is 0.556. The van der Waals surface area contributed by atoms with E-state index in [9.17, 15) is 4.79 Å². The molecule has 3 rings (SSSR count). The first kappa shape index (κ1) is 15.8. The van der Waals surface area contributed by atoms with Gasteiger partial charge in [-0.05, 0) is 42.4 Å². The zero-order valence-electron chi connectivity index (χ0n) is 13.8. The van der Waals surface area contributed by atoms with E-state index in [0.717, 1.165) is 36.4 Å². The van der Waals surface area contributed by atoms with Gasteiger partial charge in [0.25, 0.3) is 0 Å². The molecule has 1 aromatic carbocycles. The number of hydrogen-bond acceptors (Lipinski definition) is 2. The van der Waals surface area contributed by atoms with Crippen molar-refractivity contribution in [3.63, 3.8) is 0 Å². The number of amides is 1. The van der Waals surface area contributed by atoms with Crippen molar-refractivity contribution < 1.29 is 4.79 Å². The van der Waals surface area contributed by atoms with Crippen LogP contribution >= 0.6 is 0 Å². The quantitative estimate of drug-likeness (QED) is 0.662. The van der Waals surface area contributed by atoms with Crippen molar-refractivity contribution in [3.8, 4) is 0 Å². The first-order valence-electron chi connectivity index (χ1n) is 8.51. The average molecular weight is 314 g/mol. The molecule has 23 heavy (non-hydrogen) atoms. The molecule has 5 heteroatoms. The van der Waals surface area contributed by atoms with Crippen LogP contribution in [-0.4, -0.2) is 36.9 Å². The molecule has 2 fully saturated rings. The maximum atomic E-state index is 11.1. The van der Waals surface area contributed by atoms with Crippen molar-refractivity contribution in [3.05, 3.63) is 35.4 Å². The summed E-state index contributed by atoms with van der Waals surface area (Å²) in [5.41, 5.74) is 6.93. The Morgan fingerprint density at radius 2 is 1.83 bits per heavy atom. The Labute approximate surface area is 138 Å². The van der Waals surface area contributed by atoms with Crippen molar-refractivity contribution in [2.24, 2.45) is 22.6 Å². The summed E-state index contributed by atoms with van der Waals surface area (Å²) in [5.74, 6) is 2.28. The molecular weight excluding hydrogens is 288 g/mol. The molecule has 0 radical (unpaired) electrons. The van der Waals surface area contributed by atoms with Crippen LogP contribution in [0.1, 0.15) is 41.6 Å². The maximum Gasteiger partial charge on any atom is 0.248 e. The molecule has 3 N–H and O–H groups in total. The topological polar surface area (TPSA) is 70.7 Å². The first-order valence-corrected chi connectivity index (χ1v) is 8.51. The zero-order valence-corrected chi connectivity index (χ0v) is 13.8. The fourth-order valence-electron chi connectivity index (χ4n) is 3.88. The number of likely N-dealkylation sites (tertiary alicyclic amines) is 1. The summed E-state index contributed by atoms with van der Waals surface area (Å²) in [5, 5.41) is 3.45. The highest BCUT2D eigenvalue weighted by Gasteiger charge is 2.35. The Morgan fingerprint density at radius 1 is 1.22 bits per heavy atom. The summed E-state index contributed by atoms with van der Waals surface area (Å²) in [6.07, 6.45) is 5.50. The molecule has 0 aromatic heterocycles. The number of fused-ring (bicyclic) bond motifs is 1. The smallest absolute Gasteiger partial charge is 0.248 e. The number of guanidine groups is 1. The van der Waals surface area contributed by atoms with Gasteiger partial charge in [0.2, 0.25) is 5.91 Å². The van der Waals surface area contributed by atoms with Gasteiger partial charge in [-0.3, -0.25) is 9.79 Å². The van der Waals surface area contributed by atoms with Crippen molar-refractivity contribution in [1.29, 1.82) is 0 Å². The largest absolute Gasteiger partial charge is 0.366 e. The molecule has 1 amide bonds. The summed E-state index contributed by atoms with van der Waals surface area (Å²) in [6.45, 7) is 2.97. The lowest BCUT2D eigenvalue weighted by Crippen LogP contribution is -2.39. The molecule has 2 unspecified atom stereocenters. The number of rotatable bonds is 3. The average Bonchev–Trinajstić information content (AvgIpc) is 2.99. The summed E-state index contributed by atoms with van der Waals surface area (Å²) < 4.78 is 0. The van der Waals surface area contributed by atoms with Gasteiger partial charge < -0.3 is 16.0 Å². The molecule has 1 aliphatic carbocycles. The maximum absolute atomic E-state index is 11.1. The molecule has 1 aromatic rings. The Kier molecular flexibility index (Phi) is 4.84. The summed E-state index contributed by atoms with van der Waals surface area (Å²) in [7, 11) is 1.85. The van der Waals surface area contributed by atoms with Crippen LogP contribution in [0.25, 0.3) is 0 Å². The van der Waals surface area contributed by atoms with Crippen LogP contribution in [0.2, 0.25) is 0 Å². The molecule has 1 aliphatic heterocycles. The van der Waals surface area contributed by atoms with Gasteiger partial charge in [-0.1, -0.05) is 25.0 Å². The molecule has 0 spiro atoms. The van der Waals surface area contributed by atoms with E-state index in [1.165, 1.54) is 25.7 Å². The third kappa shape index (κ3) is 3.66. The van der Waals surface area contributed by atoms with E-state index in [2.05, 4.69) is 15.2 Å². The van der Waals surface area contributed by atoms with Gasteiger partial charge in [-0.15, -0.1) is 0 Å². The van der Waals surface area contributed by atoms with Crippen LogP contribution in [0.4, 0.5) is 0 Å². The van der Waals surface area contributed by atoms with E-state index in [1.54, 1.807) is 12.1 Å². The van der Waals surface area contributed by atoms with Crippen molar-refractivity contribution in [2.75, 3.05) is 20.1 Å². The molecule has 5 nitrogen and oxygen atoms in total. The number of benzene rings is 1. The van der Waals surface area contributed by atoms with Gasteiger partial charge in [0, 0.05) is 32.2 Å². The molecule has 0 bridgehead atoms. The standard InChI is InChI=1S/C18H26N4O/c1-20-18(22-11-15-4-2-3-5-16(15)12-22)21-10-13-6-8-14(9-7-13)17(19)23/h6-9,15-16H,2-5,10-12H2,1H3,(H2,19,23)(H,20,21). The van der Waals surface area contributed by atoms with E-state index in [0.29, 0.717) is 12.1 Å². The molecular formula is C18H26N4O. The zero-order chi connectivity index (χ0) is 16.2. The highest BCUT2D eigenvalue weighted by molar-refractivity contribution is 5.92. The summed E-state index contributed by atoms with van der Waals surface area (Å²) >= 11 is 0. The van der Waals surface area contributed by atoms with E-state index >= 15 is 0 Å². The highest BCUT2D eigenvalue weighted by atomic mass is 16.1. The van der Waals surface area contributed by atoms with Gasteiger partial charge in [-0.2, -0.15) is 0 Å². The van der Waals surface area contributed by atoms with Crippen LogP contribution in [-0.2, 0) is 6.54 Å². The number of hydrogen-bond donors (Lipinski definition) is 2. The van der Waals surface area contributed by atoms with Crippen LogP contribution in [0.5, 0.6) is 0 Å². The minimum absolute atomic E-state index is 0.389. The minimum Gasteiger partial charge on any atom is -0.366 e. The van der Waals surface area contributed by atoms with Gasteiger partial charge in [0.05, 0.1) is 0 Å². The molecule has 124 valence electrons. The van der Waals surface area contributed by atoms with Gasteiger partial charge in [0.15, 0.2) is 5.96 Å². The number of primary amides is 1. The molecule has 2 aliphatic rings. The molecule has 1 saturated heterocycles. The third-order valence-corrected chi connectivity index (χ3v) is 5.18. The highest BCUT2D eigenvalue weighted by Crippen LogP contribution is 2.35. The van der Waals surface area contributed by atoms with E-state index < -0.39 is 0 Å². The first-order chi connectivity index (χ1) is 11.2. The predicted octanol–water partition coefficient (Wildman–Crippen LogP) is 1.98. The SMILES string of the molecule is CN=C(NCc1ccc(C(N)=O)cc1)N1CC2CCCCC2C1. The normalized spacial score (nSPS) is 24.4. The minimum atomic E-state index is -0.389. The number of nitrogens with two attached hydrogens (primary N) is 1. The van der Waals surface area contributed by atoms with E-state index in [4.69, 9.17) is 5.73 Å². The predicted molar refractivity (Wildman–Crippen MR) is 92.2 cm³/mol. The Bertz CT molecular complexity index is 567. The van der Waals surface area contributed by atoms with E-state index in [1.807, 2.05) is 19.2 Å². The lowest BCUT2D eigenvalue weighted by atomic mass is 9.82. The van der Waals surface area contributed by atoms with E-state index in [-0.39, 0.29) is 5.91 Å². The number of carbonyl (C=O) groups is 1. The summed E-state index contributed by atoms with van der Waals surface area (Å²) in [6, 6.07) is 7.41. The van der Waals surface area contributed by atoms with Gasteiger partial charge in [-0.25, -0.2) is 0 Å².